The number of nitrogens with zero attached hydrogens (tertiary/aromatic N) is 2. The Balaban J connectivity index is 0.00000109. The normalized spacial score (nSPS) is 13.0. The highest BCUT2D eigenvalue weighted by molar-refractivity contribution is 6.14. The zero-order chi connectivity index (χ0) is 33.4. The largest absolute Gasteiger partial charge is 0.398 e. The fourth-order valence-corrected chi connectivity index (χ4v) is 5.21. The Hall–Kier alpha value is -3.64. The molecule has 5 nitrogen and oxygen atoms in total. The molecule has 0 unspecified atom stereocenters. The van der Waals surface area contributed by atoms with E-state index in [9.17, 15) is 4.39 Å². The highest BCUT2D eigenvalue weighted by Gasteiger charge is 2.31. The van der Waals surface area contributed by atoms with Gasteiger partial charge in [-0.1, -0.05) is 97.9 Å². The van der Waals surface area contributed by atoms with Gasteiger partial charge >= 0.3 is 0 Å². The predicted molar refractivity (Wildman–Crippen MR) is 195 cm³/mol. The van der Waals surface area contributed by atoms with Crippen LogP contribution in [0, 0.1) is 17.1 Å². The lowest BCUT2D eigenvalue weighted by Crippen LogP contribution is -2.59. The Bertz CT molecular complexity index is 1320. The molecule has 1 saturated heterocycles. The van der Waals surface area contributed by atoms with Gasteiger partial charge in [-0.2, -0.15) is 0 Å². The van der Waals surface area contributed by atoms with E-state index in [1.165, 1.54) is 24.6 Å². The Morgan fingerprint density at radius 2 is 1.53 bits per heavy atom. The summed E-state index contributed by atoms with van der Waals surface area (Å²) in [6, 6.07) is 21.4. The van der Waals surface area contributed by atoms with Crippen molar-refractivity contribution in [1.82, 2.24) is 10.2 Å². The van der Waals surface area contributed by atoms with E-state index in [0.717, 1.165) is 55.3 Å². The fraction of sp³-hybridized carbons (Fsp3) is 0.462. The molecule has 0 aliphatic carbocycles. The van der Waals surface area contributed by atoms with E-state index in [1.54, 1.807) is 12.1 Å². The zero-order valence-corrected chi connectivity index (χ0v) is 29.1. The molecule has 0 atom stereocenters. The first-order valence-corrected chi connectivity index (χ1v) is 16.9. The van der Waals surface area contributed by atoms with E-state index in [-0.39, 0.29) is 5.82 Å². The van der Waals surface area contributed by atoms with Crippen LogP contribution in [0.1, 0.15) is 96.9 Å². The van der Waals surface area contributed by atoms with Gasteiger partial charge in [0.05, 0.1) is 5.71 Å². The Morgan fingerprint density at radius 1 is 0.956 bits per heavy atom. The standard InChI is InChI=1S/C33H42FN5.C4H10.C2H6/c1-4-9-32(37-21-26-10-7-8-11-30(26)34)25-14-17-31(35)29(20-25)33(36)24-12-15-27(16-13-24)39-22-28(23-39)38(18-5-2)19-6-3;1-4(2)3;1-2/h7-17,20,28,36-37H,4-6,18-19,21-23,35H2,1-3H3;4H,1-3H3;1-2H3/b32-9-,36-33?;;. The van der Waals surface area contributed by atoms with Crippen LogP contribution in [-0.2, 0) is 6.54 Å². The molecule has 246 valence electrons. The van der Waals surface area contributed by atoms with E-state index in [1.807, 2.05) is 50.2 Å². The zero-order valence-electron chi connectivity index (χ0n) is 29.1. The van der Waals surface area contributed by atoms with Crippen molar-refractivity contribution in [2.75, 3.05) is 36.8 Å². The third-order valence-corrected chi connectivity index (χ3v) is 7.39. The van der Waals surface area contributed by atoms with Crippen molar-refractivity contribution in [2.24, 2.45) is 5.92 Å². The van der Waals surface area contributed by atoms with Crippen LogP contribution >= 0.6 is 0 Å². The number of halogens is 1. The highest BCUT2D eigenvalue weighted by atomic mass is 19.1. The lowest BCUT2D eigenvalue weighted by atomic mass is 9.96. The molecule has 3 aromatic carbocycles. The third-order valence-electron chi connectivity index (χ3n) is 7.39. The number of anilines is 2. The molecular formula is C39H58FN5. The molecule has 6 heteroatoms. The number of allylic oxidation sites excluding steroid dienone is 1. The second-order valence-electron chi connectivity index (χ2n) is 12.0. The fourth-order valence-electron chi connectivity index (χ4n) is 5.21. The summed E-state index contributed by atoms with van der Waals surface area (Å²) in [5.41, 5.74) is 12.5. The molecule has 0 amide bonds. The number of hydrogen-bond acceptors (Lipinski definition) is 5. The maximum Gasteiger partial charge on any atom is 0.128 e. The summed E-state index contributed by atoms with van der Waals surface area (Å²) in [7, 11) is 0. The average Bonchev–Trinajstić information content (AvgIpc) is 3.00. The van der Waals surface area contributed by atoms with Crippen molar-refractivity contribution in [2.45, 2.75) is 87.2 Å². The quantitative estimate of drug-likeness (QED) is 0.132. The average molecular weight is 616 g/mol. The van der Waals surface area contributed by atoms with Crippen LogP contribution in [0.3, 0.4) is 0 Å². The van der Waals surface area contributed by atoms with Gasteiger partial charge in [-0.05, 0) is 74.2 Å². The lowest BCUT2D eigenvalue weighted by Gasteiger charge is -2.46. The van der Waals surface area contributed by atoms with Gasteiger partial charge in [-0.3, -0.25) is 10.3 Å². The van der Waals surface area contributed by atoms with Crippen molar-refractivity contribution in [3.63, 3.8) is 0 Å². The number of nitrogens with one attached hydrogen (secondary N) is 2. The van der Waals surface area contributed by atoms with E-state index in [0.29, 0.717) is 35.1 Å². The number of rotatable bonds is 13. The van der Waals surface area contributed by atoms with Gasteiger partial charge in [-0.15, -0.1) is 0 Å². The molecule has 1 heterocycles. The maximum absolute atomic E-state index is 14.2. The summed E-state index contributed by atoms with van der Waals surface area (Å²) in [4.78, 5) is 5.03. The van der Waals surface area contributed by atoms with Gasteiger partial charge in [-0.25, -0.2) is 4.39 Å². The molecule has 0 radical (unpaired) electrons. The minimum atomic E-state index is -0.225. The Morgan fingerprint density at radius 3 is 2.09 bits per heavy atom. The topological polar surface area (TPSA) is 68.4 Å². The first kappa shape index (κ1) is 37.5. The first-order chi connectivity index (χ1) is 21.7. The molecule has 4 rings (SSSR count). The van der Waals surface area contributed by atoms with Gasteiger partial charge < -0.3 is 16.0 Å². The van der Waals surface area contributed by atoms with Gasteiger partial charge in [0.1, 0.15) is 5.82 Å². The van der Waals surface area contributed by atoms with Crippen molar-refractivity contribution < 1.29 is 4.39 Å². The molecular weight excluding hydrogens is 557 g/mol. The molecule has 0 spiro atoms. The van der Waals surface area contributed by atoms with Gasteiger partial charge in [0.25, 0.3) is 0 Å². The molecule has 45 heavy (non-hydrogen) atoms. The minimum absolute atomic E-state index is 0.225. The van der Waals surface area contributed by atoms with Crippen LogP contribution < -0.4 is 16.0 Å². The highest BCUT2D eigenvalue weighted by Crippen LogP contribution is 2.27. The molecule has 1 aliphatic heterocycles. The summed E-state index contributed by atoms with van der Waals surface area (Å²) in [6.45, 7) is 21.9. The van der Waals surface area contributed by atoms with Crippen LogP contribution in [-0.4, -0.2) is 42.8 Å². The van der Waals surface area contributed by atoms with Crippen LogP contribution in [0.15, 0.2) is 72.8 Å². The van der Waals surface area contributed by atoms with Crippen LogP contribution in [0.25, 0.3) is 5.70 Å². The van der Waals surface area contributed by atoms with Crippen molar-refractivity contribution in [1.29, 1.82) is 5.41 Å². The van der Waals surface area contributed by atoms with Crippen molar-refractivity contribution in [3.8, 4) is 0 Å². The summed E-state index contributed by atoms with van der Waals surface area (Å²) in [5.74, 6) is 0.608. The van der Waals surface area contributed by atoms with E-state index < -0.39 is 0 Å². The Kier molecular flexibility index (Phi) is 16.4. The molecule has 1 fully saturated rings. The van der Waals surface area contributed by atoms with E-state index >= 15 is 0 Å². The summed E-state index contributed by atoms with van der Waals surface area (Å²) >= 11 is 0. The number of hydrogen-bond donors (Lipinski definition) is 3. The summed E-state index contributed by atoms with van der Waals surface area (Å²) in [5, 5.41) is 12.3. The van der Waals surface area contributed by atoms with Gasteiger partial charge in [0, 0.05) is 59.4 Å². The molecule has 0 saturated carbocycles. The first-order valence-electron chi connectivity index (χ1n) is 16.9. The summed E-state index contributed by atoms with van der Waals surface area (Å²) < 4.78 is 14.2. The predicted octanol–water partition coefficient (Wildman–Crippen LogP) is 9.36. The van der Waals surface area contributed by atoms with E-state index in [2.05, 4.69) is 74.9 Å². The monoisotopic (exact) mass is 615 g/mol. The molecule has 3 aromatic rings. The number of nitrogens with two attached hydrogens (primary N) is 1. The number of benzene rings is 3. The van der Waals surface area contributed by atoms with Crippen molar-refractivity contribution in [3.05, 3.63) is 101 Å². The van der Waals surface area contributed by atoms with Gasteiger partial charge in [0.15, 0.2) is 0 Å². The van der Waals surface area contributed by atoms with Crippen molar-refractivity contribution >= 4 is 22.8 Å². The van der Waals surface area contributed by atoms with Gasteiger partial charge in [0.2, 0.25) is 0 Å². The third kappa shape index (κ3) is 11.3. The smallest absolute Gasteiger partial charge is 0.128 e. The van der Waals surface area contributed by atoms with Crippen LogP contribution in [0.2, 0.25) is 0 Å². The van der Waals surface area contributed by atoms with Crippen LogP contribution in [0.4, 0.5) is 15.8 Å². The SMILES string of the molecule is CC.CC(C)C.CC/C=C(\NCc1ccccc1F)c1ccc(N)c(C(=N)c2ccc(N3CC(N(CCC)CCC)C3)cc2)c1. The summed E-state index contributed by atoms with van der Waals surface area (Å²) in [6.07, 6.45) is 5.28. The molecule has 4 N–H and O–H groups in total. The molecule has 0 bridgehead atoms. The second-order valence-corrected chi connectivity index (χ2v) is 12.0. The minimum Gasteiger partial charge on any atom is -0.398 e. The maximum atomic E-state index is 14.2. The number of nitrogen functional groups attached to an aromatic ring is 1. The van der Waals surface area contributed by atoms with Crippen LogP contribution in [0.5, 0.6) is 0 Å². The second kappa shape index (κ2) is 19.7. The Labute approximate surface area is 273 Å². The molecule has 1 aliphatic rings. The van der Waals surface area contributed by atoms with E-state index in [4.69, 9.17) is 11.1 Å². The lowest BCUT2D eigenvalue weighted by molar-refractivity contribution is 0.166. The molecule has 0 aromatic heterocycles.